The molecule has 1 rings (SSSR count). The SMILES string of the molecule is C[Si](C)(C)CCOP(=O)(OCC[Si](C)(C)C)Oc1ccc(OC(F)(F)F)cc1COC(N)=O. The van der Waals surface area contributed by atoms with Crippen LogP contribution in [0.3, 0.4) is 0 Å². The summed E-state index contributed by atoms with van der Waals surface area (Å²) in [4.78, 5) is 11.0. The van der Waals surface area contributed by atoms with Gasteiger partial charge in [-0.1, -0.05) is 39.3 Å². The predicted octanol–water partition coefficient (Wildman–Crippen LogP) is 6.38. The van der Waals surface area contributed by atoms with Gasteiger partial charge in [-0.2, -0.15) is 0 Å². The third-order valence-corrected chi connectivity index (χ3v) is 8.87. The predicted molar refractivity (Wildman–Crippen MR) is 124 cm³/mol. The maximum absolute atomic E-state index is 13.4. The van der Waals surface area contributed by atoms with Crippen molar-refractivity contribution in [1.82, 2.24) is 0 Å². The highest BCUT2D eigenvalue weighted by atomic mass is 31.2. The lowest BCUT2D eigenvalue weighted by atomic mass is 10.2. The fraction of sp³-hybridized carbons (Fsp3) is 0.632. The standard InChI is InChI=1S/C19H33F3NO7PSi2/c1-32(2,3)11-9-27-31(25,28-10-12-33(4,5)6)30-17-8-7-16(29-19(20,21)22)13-15(17)14-26-18(23)24/h7-8,13H,9-12,14H2,1-6H3,(H2,23,24). The number of amides is 1. The van der Waals surface area contributed by atoms with E-state index in [2.05, 4.69) is 48.8 Å². The molecule has 0 heterocycles. The molecule has 0 unspecified atom stereocenters. The minimum absolute atomic E-state index is 0.0571. The molecule has 1 aromatic rings. The first-order valence-corrected chi connectivity index (χ1v) is 19.1. The molecule has 33 heavy (non-hydrogen) atoms. The molecule has 0 bridgehead atoms. The molecule has 0 saturated carbocycles. The second kappa shape index (κ2) is 11.7. The van der Waals surface area contributed by atoms with Crippen LogP contribution in [-0.2, 0) is 25.0 Å². The normalized spacial score (nSPS) is 13.0. The molecule has 0 saturated heterocycles. The van der Waals surface area contributed by atoms with Crippen molar-refractivity contribution in [2.45, 2.75) is 64.3 Å². The summed E-state index contributed by atoms with van der Waals surface area (Å²) in [5, 5.41) is 0. The van der Waals surface area contributed by atoms with Gasteiger partial charge in [-0.05, 0) is 30.3 Å². The summed E-state index contributed by atoms with van der Waals surface area (Å²) in [6.07, 6.45) is -6.08. The molecule has 1 aromatic carbocycles. The molecule has 8 nitrogen and oxygen atoms in total. The van der Waals surface area contributed by atoms with Gasteiger partial charge >= 0.3 is 20.3 Å². The number of phosphoric acid groups is 1. The Morgan fingerprint density at radius 1 is 1.00 bits per heavy atom. The van der Waals surface area contributed by atoms with Crippen molar-refractivity contribution >= 4 is 30.1 Å². The van der Waals surface area contributed by atoms with E-state index in [0.717, 1.165) is 18.2 Å². The maximum atomic E-state index is 13.4. The van der Waals surface area contributed by atoms with E-state index in [9.17, 15) is 22.5 Å². The van der Waals surface area contributed by atoms with Crippen molar-refractivity contribution < 1.29 is 45.6 Å². The molecule has 0 radical (unpaired) electrons. The summed E-state index contributed by atoms with van der Waals surface area (Å²) in [6.45, 7) is 12.4. The molecule has 190 valence electrons. The number of primary amides is 1. The minimum atomic E-state index is -4.93. The quantitative estimate of drug-likeness (QED) is 0.233. The molecule has 2 N–H and O–H groups in total. The average Bonchev–Trinajstić information content (AvgIpc) is 2.58. The lowest BCUT2D eigenvalue weighted by molar-refractivity contribution is -0.274. The van der Waals surface area contributed by atoms with Gasteiger partial charge in [-0.15, -0.1) is 13.2 Å². The Labute approximate surface area is 194 Å². The van der Waals surface area contributed by atoms with Crippen molar-refractivity contribution in [2.24, 2.45) is 5.73 Å². The van der Waals surface area contributed by atoms with E-state index in [1.807, 2.05) is 0 Å². The molecular weight excluding hydrogens is 498 g/mol. The van der Waals surface area contributed by atoms with Crippen LogP contribution in [0.2, 0.25) is 51.4 Å². The van der Waals surface area contributed by atoms with Gasteiger partial charge in [0.05, 0.1) is 13.2 Å². The van der Waals surface area contributed by atoms with E-state index >= 15 is 0 Å². The number of rotatable bonds is 13. The number of benzene rings is 1. The van der Waals surface area contributed by atoms with Gasteiger partial charge in [0.15, 0.2) is 0 Å². The molecule has 0 aliphatic heterocycles. The summed E-state index contributed by atoms with van der Waals surface area (Å²) in [7, 11) is -7.18. The molecule has 0 aliphatic carbocycles. The average molecular weight is 532 g/mol. The molecule has 0 aliphatic rings. The van der Waals surface area contributed by atoms with E-state index in [1.165, 1.54) is 0 Å². The number of hydrogen-bond acceptors (Lipinski definition) is 7. The van der Waals surface area contributed by atoms with Gasteiger partial charge in [-0.3, -0.25) is 9.05 Å². The zero-order valence-electron chi connectivity index (χ0n) is 19.8. The third-order valence-electron chi connectivity index (χ3n) is 4.05. The van der Waals surface area contributed by atoms with Crippen molar-refractivity contribution in [2.75, 3.05) is 13.2 Å². The molecule has 0 aromatic heterocycles. The Kier molecular flexibility index (Phi) is 10.5. The molecule has 0 fully saturated rings. The second-order valence-electron chi connectivity index (χ2n) is 9.75. The Hall–Kier alpha value is -1.54. The summed E-state index contributed by atoms with van der Waals surface area (Å²) < 4.78 is 76.3. The maximum Gasteiger partial charge on any atom is 0.573 e. The lowest BCUT2D eigenvalue weighted by Gasteiger charge is -2.23. The first-order chi connectivity index (χ1) is 14.9. The fourth-order valence-corrected chi connectivity index (χ4v) is 5.24. The number of hydrogen-bond donors (Lipinski definition) is 1. The molecule has 0 atom stereocenters. The smallest absolute Gasteiger partial charge is 0.445 e. The number of nitrogens with two attached hydrogens (primary N) is 1. The molecular formula is C19H33F3NO7PSi2. The summed E-state index contributed by atoms with van der Waals surface area (Å²) in [5.41, 5.74) is 4.90. The highest BCUT2D eigenvalue weighted by Gasteiger charge is 2.33. The van der Waals surface area contributed by atoms with Gasteiger partial charge in [0.2, 0.25) is 0 Å². The van der Waals surface area contributed by atoms with E-state index in [0.29, 0.717) is 12.1 Å². The first kappa shape index (κ1) is 29.5. The van der Waals surface area contributed by atoms with Crippen LogP contribution in [0.25, 0.3) is 0 Å². The van der Waals surface area contributed by atoms with Crippen LogP contribution >= 0.6 is 7.82 Å². The highest BCUT2D eigenvalue weighted by Crippen LogP contribution is 2.51. The van der Waals surface area contributed by atoms with Crippen molar-refractivity contribution in [3.05, 3.63) is 23.8 Å². The van der Waals surface area contributed by atoms with Crippen LogP contribution in [0, 0.1) is 0 Å². The fourth-order valence-electron chi connectivity index (χ4n) is 2.24. The van der Waals surface area contributed by atoms with Crippen LogP contribution in [0.15, 0.2) is 18.2 Å². The van der Waals surface area contributed by atoms with Gasteiger partial charge in [0.25, 0.3) is 0 Å². The van der Waals surface area contributed by atoms with Gasteiger partial charge in [-0.25, -0.2) is 9.36 Å². The van der Waals surface area contributed by atoms with E-state index in [-0.39, 0.29) is 24.5 Å². The number of alkyl halides is 3. The van der Waals surface area contributed by atoms with Crippen molar-refractivity contribution in [1.29, 1.82) is 0 Å². The summed E-state index contributed by atoms with van der Waals surface area (Å²) >= 11 is 0. The van der Waals surface area contributed by atoms with E-state index in [1.54, 1.807) is 0 Å². The van der Waals surface area contributed by atoms with Crippen LogP contribution in [0.4, 0.5) is 18.0 Å². The van der Waals surface area contributed by atoms with Gasteiger partial charge < -0.3 is 19.7 Å². The van der Waals surface area contributed by atoms with Gasteiger partial charge in [0.1, 0.15) is 18.1 Å². The van der Waals surface area contributed by atoms with Gasteiger partial charge in [0, 0.05) is 21.7 Å². The number of carbonyl (C=O) groups excluding carboxylic acids is 1. The van der Waals surface area contributed by atoms with Crippen LogP contribution in [-0.4, -0.2) is 41.8 Å². The van der Waals surface area contributed by atoms with E-state index in [4.69, 9.17) is 19.3 Å². The van der Waals surface area contributed by atoms with Crippen molar-refractivity contribution in [3.63, 3.8) is 0 Å². The minimum Gasteiger partial charge on any atom is -0.445 e. The van der Waals surface area contributed by atoms with Crippen LogP contribution in [0.5, 0.6) is 11.5 Å². The first-order valence-electron chi connectivity index (χ1n) is 10.3. The number of halogens is 3. The number of carbonyl (C=O) groups is 1. The molecule has 14 heteroatoms. The summed E-state index contributed by atoms with van der Waals surface area (Å²) in [5.74, 6) is -0.720. The topological polar surface area (TPSA) is 106 Å². The number of ether oxygens (including phenoxy) is 2. The zero-order chi connectivity index (χ0) is 25.5. The zero-order valence-corrected chi connectivity index (χ0v) is 22.7. The van der Waals surface area contributed by atoms with E-state index < -0.39 is 48.8 Å². The largest absolute Gasteiger partial charge is 0.573 e. The van der Waals surface area contributed by atoms with Crippen molar-refractivity contribution in [3.8, 4) is 11.5 Å². The monoisotopic (exact) mass is 531 g/mol. The molecule has 1 amide bonds. The van der Waals surface area contributed by atoms with Crippen LogP contribution in [0.1, 0.15) is 5.56 Å². The Balaban J connectivity index is 3.16. The number of phosphoric ester groups is 1. The highest BCUT2D eigenvalue weighted by molar-refractivity contribution is 7.49. The lowest BCUT2D eigenvalue weighted by Crippen LogP contribution is -2.23. The second-order valence-corrected chi connectivity index (χ2v) is 22.6. The molecule has 0 spiro atoms. The Bertz CT molecular complexity index is 818. The Morgan fingerprint density at radius 3 is 1.94 bits per heavy atom. The third kappa shape index (κ3) is 13.7. The Morgan fingerprint density at radius 2 is 1.52 bits per heavy atom. The summed E-state index contributed by atoms with van der Waals surface area (Å²) in [6, 6.07) is 4.41. The van der Waals surface area contributed by atoms with Crippen LogP contribution < -0.4 is 15.0 Å².